The molecule has 3 aromatic rings. The molecule has 1 aromatic carbocycles. The first-order chi connectivity index (χ1) is 13.1. The van der Waals surface area contributed by atoms with Crippen LogP contribution in [0.4, 0.5) is 0 Å². The summed E-state index contributed by atoms with van der Waals surface area (Å²) in [7, 11) is 0. The first-order valence-corrected chi connectivity index (χ1v) is 8.90. The summed E-state index contributed by atoms with van der Waals surface area (Å²) in [6, 6.07) is 10.5. The number of hydrogen-bond donors (Lipinski definition) is 2. The minimum atomic E-state index is -0.322. The van der Waals surface area contributed by atoms with E-state index in [0.717, 1.165) is 11.4 Å². The van der Waals surface area contributed by atoms with Gasteiger partial charge in [-0.25, -0.2) is 4.68 Å². The number of hydrogen-bond acceptors (Lipinski definition) is 4. The van der Waals surface area contributed by atoms with Crippen molar-refractivity contribution in [2.24, 2.45) is 0 Å². The molecule has 3 rings (SSSR count). The average molecular weight is 387 g/mol. The quantitative estimate of drug-likeness (QED) is 0.611. The van der Waals surface area contributed by atoms with Gasteiger partial charge in [0.15, 0.2) is 5.76 Å². The highest BCUT2D eigenvalue weighted by molar-refractivity contribution is 6.30. The van der Waals surface area contributed by atoms with Crippen LogP contribution in [0.15, 0.2) is 53.3 Å². The molecule has 8 heteroatoms. The van der Waals surface area contributed by atoms with Gasteiger partial charge in [0.1, 0.15) is 0 Å². The van der Waals surface area contributed by atoms with Gasteiger partial charge in [-0.15, -0.1) is 0 Å². The second-order valence-corrected chi connectivity index (χ2v) is 6.18. The summed E-state index contributed by atoms with van der Waals surface area (Å²) in [6.07, 6.45) is 3.60. The van der Waals surface area contributed by atoms with E-state index >= 15 is 0 Å². The summed E-state index contributed by atoms with van der Waals surface area (Å²) in [5.74, 6) is -0.331. The van der Waals surface area contributed by atoms with E-state index in [-0.39, 0.29) is 30.7 Å². The Hall–Kier alpha value is -3.06. The third-order valence-corrected chi connectivity index (χ3v) is 4.18. The van der Waals surface area contributed by atoms with Crippen molar-refractivity contribution in [1.29, 1.82) is 0 Å². The summed E-state index contributed by atoms with van der Waals surface area (Å²) >= 11 is 6.05. The molecule has 0 bridgehead atoms. The maximum absolute atomic E-state index is 12.5. The maximum Gasteiger partial charge on any atom is 0.287 e. The van der Waals surface area contributed by atoms with E-state index in [0.29, 0.717) is 17.0 Å². The van der Waals surface area contributed by atoms with Gasteiger partial charge in [-0.2, -0.15) is 5.10 Å². The van der Waals surface area contributed by atoms with Crippen LogP contribution >= 0.6 is 11.6 Å². The zero-order valence-electron chi connectivity index (χ0n) is 14.7. The molecule has 140 valence electrons. The fourth-order valence-corrected chi connectivity index (χ4v) is 2.86. The van der Waals surface area contributed by atoms with E-state index in [1.807, 2.05) is 19.1 Å². The van der Waals surface area contributed by atoms with Crippen molar-refractivity contribution in [2.45, 2.75) is 13.3 Å². The zero-order chi connectivity index (χ0) is 19.2. The van der Waals surface area contributed by atoms with Crippen molar-refractivity contribution in [1.82, 2.24) is 20.4 Å². The van der Waals surface area contributed by atoms with Crippen LogP contribution in [-0.4, -0.2) is 34.7 Å². The van der Waals surface area contributed by atoms with Gasteiger partial charge >= 0.3 is 0 Å². The van der Waals surface area contributed by atoms with Crippen LogP contribution in [0.1, 0.15) is 33.5 Å². The third kappa shape index (κ3) is 4.38. The van der Waals surface area contributed by atoms with E-state index in [1.54, 1.807) is 28.9 Å². The molecule has 0 aliphatic heterocycles. The van der Waals surface area contributed by atoms with Crippen molar-refractivity contribution >= 4 is 23.4 Å². The van der Waals surface area contributed by atoms with Crippen LogP contribution in [0.2, 0.25) is 5.02 Å². The Morgan fingerprint density at radius 2 is 1.93 bits per heavy atom. The third-order valence-electron chi connectivity index (χ3n) is 3.94. The second kappa shape index (κ2) is 8.55. The van der Waals surface area contributed by atoms with Crippen molar-refractivity contribution in [2.75, 3.05) is 13.1 Å². The molecule has 27 heavy (non-hydrogen) atoms. The number of furan rings is 1. The molecule has 2 N–H and O–H groups in total. The van der Waals surface area contributed by atoms with Crippen LogP contribution < -0.4 is 10.6 Å². The Kier molecular flexibility index (Phi) is 5.93. The van der Waals surface area contributed by atoms with E-state index in [9.17, 15) is 9.59 Å². The molecule has 0 radical (unpaired) electrons. The Labute approximate surface area is 161 Å². The van der Waals surface area contributed by atoms with Crippen LogP contribution in [0, 0.1) is 0 Å². The minimum absolute atomic E-state index is 0.234. The highest BCUT2D eigenvalue weighted by Gasteiger charge is 2.17. The normalized spacial score (nSPS) is 10.6. The molecular formula is C19H19ClN4O3. The van der Waals surface area contributed by atoms with Crippen LogP contribution in [0.3, 0.4) is 0 Å². The van der Waals surface area contributed by atoms with E-state index in [2.05, 4.69) is 15.7 Å². The maximum atomic E-state index is 12.5. The van der Waals surface area contributed by atoms with Gasteiger partial charge < -0.3 is 15.1 Å². The van der Waals surface area contributed by atoms with Gasteiger partial charge in [0.25, 0.3) is 11.8 Å². The van der Waals surface area contributed by atoms with Crippen molar-refractivity contribution < 1.29 is 14.0 Å². The monoisotopic (exact) mass is 386 g/mol. The minimum Gasteiger partial charge on any atom is -0.459 e. The number of benzene rings is 1. The highest BCUT2D eigenvalue weighted by Crippen LogP contribution is 2.19. The van der Waals surface area contributed by atoms with Crippen LogP contribution in [0.5, 0.6) is 0 Å². The van der Waals surface area contributed by atoms with E-state index in [1.165, 1.54) is 12.5 Å². The van der Waals surface area contributed by atoms with E-state index in [4.69, 9.17) is 16.0 Å². The molecule has 0 atom stereocenters. The van der Waals surface area contributed by atoms with Crippen molar-refractivity contribution in [3.8, 4) is 5.69 Å². The molecule has 7 nitrogen and oxygen atoms in total. The van der Waals surface area contributed by atoms with Gasteiger partial charge in [-0.3, -0.25) is 9.59 Å². The number of rotatable bonds is 7. The molecular weight excluding hydrogens is 368 g/mol. The first kappa shape index (κ1) is 18.7. The predicted octanol–water partition coefficient (Wildman–Crippen LogP) is 2.84. The number of amides is 2. The summed E-state index contributed by atoms with van der Waals surface area (Å²) in [6.45, 7) is 2.53. The molecule has 0 aliphatic rings. The standard InChI is InChI=1S/C19H19ClN4O3/c1-2-16-15(12-23-24(16)14-6-3-5-13(20)11-14)18(25)21-8-9-22-19(26)17-7-4-10-27-17/h3-7,10-12H,2,8-9H2,1H3,(H,21,25)(H,22,26). The van der Waals surface area contributed by atoms with Gasteiger partial charge in [-0.1, -0.05) is 24.6 Å². The Morgan fingerprint density at radius 1 is 1.15 bits per heavy atom. The fourth-order valence-electron chi connectivity index (χ4n) is 2.68. The number of carbonyl (C=O) groups excluding carboxylic acids is 2. The van der Waals surface area contributed by atoms with Gasteiger partial charge in [0.05, 0.1) is 29.4 Å². The average Bonchev–Trinajstić information content (AvgIpc) is 3.34. The molecule has 0 saturated carbocycles. The summed E-state index contributed by atoms with van der Waals surface area (Å²) < 4.78 is 6.71. The lowest BCUT2D eigenvalue weighted by Crippen LogP contribution is -2.34. The summed E-state index contributed by atoms with van der Waals surface area (Å²) in [4.78, 5) is 24.3. The van der Waals surface area contributed by atoms with Gasteiger partial charge in [0.2, 0.25) is 0 Å². The first-order valence-electron chi connectivity index (χ1n) is 8.53. The number of nitrogens with zero attached hydrogens (tertiary/aromatic N) is 2. The molecule has 0 saturated heterocycles. The number of aromatic nitrogens is 2. The zero-order valence-corrected chi connectivity index (χ0v) is 15.5. The van der Waals surface area contributed by atoms with Crippen molar-refractivity contribution in [3.05, 3.63) is 70.9 Å². The lowest BCUT2D eigenvalue weighted by molar-refractivity contribution is 0.0910. The Bertz CT molecular complexity index is 934. The number of nitrogens with one attached hydrogen (secondary N) is 2. The lowest BCUT2D eigenvalue weighted by Gasteiger charge is -2.09. The molecule has 2 heterocycles. The highest BCUT2D eigenvalue weighted by atomic mass is 35.5. The molecule has 2 aromatic heterocycles. The topological polar surface area (TPSA) is 89.2 Å². The molecule has 2 amide bonds. The van der Waals surface area contributed by atoms with Gasteiger partial charge in [-0.05, 0) is 36.8 Å². The van der Waals surface area contributed by atoms with Crippen molar-refractivity contribution in [3.63, 3.8) is 0 Å². The number of carbonyl (C=O) groups is 2. The second-order valence-electron chi connectivity index (χ2n) is 5.74. The Morgan fingerprint density at radius 3 is 2.59 bits per heavy atom. The molecule has 0 unspecified atom stereocenters. The Balaban J connectivity index is 1.61. The fraction of sp³-hybridized carbons (Fsp3) is 0.211. The van der Waals surface area contributed by atoms with Crippen LogP contribution in [-0.2, 0) is 6.42 Å². The molecule has 0 aliphatic carbocycles. The van der Waals surface area contributed by atoms with E-state index < -0.39 is 0 Å². The SMILES string of the molecule is CCc1c(C(=O)NCCNC(=O)c2ccco2)cnn1-c1cccc(Cl)c1. The van der Waals surface area contributed by atoms with Gasteiger partial charge in [0, 0.05) is 18.1 Å². The molecule has 0 fully saturated rings. The largest absolute Gasteiger partial charge is 0.459 e. The summed E-state index contributed by atoms with van der Waals surface area (Å²) in [5.41, 5.74) is 2.08. The predicted molar refractivity (Wildman–Crippen MR) is 101 cm³/mol. The summed E-state index contributed by atoms with van der Waals surface area (Å²) in [5, 5.41) is 10.4. The number of halogens is 1. The molecule has 0 spiro atoms. The lowest BCUT2D eigenvalue weighted by atomic mass is 10.2. The van der Waals surface area contributed by atoms with Crippen LogP contribution in [0.25, 0.3) is 5.69 Å². The smallest absolute Gasteiger partial charge is 0.287 e.